The molecule has 0 saturated carbocycles. The molecule has 1 N–H and O–H groups in total. The van der Waals surface area contributed by atoms with Crippen molar-refractivity contribution in [2.45, 2.75) is 20.8 Å². The minimum atomic E-state index is -0.325. The molecule has 3 rings (SSSR count). The Morgan fingerprint density at radius 2 is 2.04 bits per heavy atom. The normalized spacial score (nSPS) is 11.0. The number of nitrogens with one attached hydrogen (secondary N) is 1. The van der Waals surface area contributed by atoms with Crippen LogP contribution in [0.15, 0.2) is 29.2 Å². The zero-order chi connectivity index (χ0) is 16.7. The third-order valence-electron chi connectivity index (χ3n) is 3.77. The average molecular weight is 311 g/mol. The third kappa shape index (κ3) is 2.61. The lowest BCUT2D eigenvalue weighted by atomic mass is 10.1. The fourth-order valence-corrected chi connectivity index (χ4v) is 2.40. The van der Waals surface area contributed by atoms with Gasteiger partial charge in [-0.2, -0.15) is 4.98 Å². The highest BCUT2D eigenvalue weighted by Crippen LogP contribution is 2.17. The summed E-state index contributed by atoms with van der Waals surface area (Å²) in [6, 6.07) is 5.99. The standard InChI is InChI=1S/C16H17N5O2/c1-9-5-6-13(10(2)7-9)21-8-12-14(19-21)17-16(18-15(12)23)20(4)11(3)22/h5-8H,1-4H3,(H,17,18,19,23). The van der Waals surface area contributed by atoms with E-state index in [0.717, 1.165) is 16.8 Å². The van der Waals surface area contributed by atoms with Crippen molar-refractivity contribution >= 4 is 22.9 Å². The van der Waals surface area contributed by atoms with Gasteiger partial charge in [-0.05, 0) is 25.5 Å². The van der Waals surface area contributed by atoms with Crippen molar-refractivity contribution in [1.29, 1.82) is 0 Å². The van der Waals surface area contributed by atoms with Crippen molar-refractivity contribution in [3.8, 4) is 5.69 Å². The first-order chi connectivity index (χ1) is 10.9. The maximum Gasteiger partial charge on any atom is 0.263 e. The highest BCUT2D eigenvalue weighted by Gasteiger charge is 2.14. The second-order valence-corrected chi connectivity index (χ2v) is 5.57. The van der Waals surface area contributed by atoms with E-state index in [2.05, 4.69) is 15.1 Å². The lowest BCUT2D eigenvalue weighted by Crippen LogP contribution is -2.27. The number of H-pyrrole nitrogens is 1. The molecule has 2 heterocycles. The fourth-order valence-electron chi connectivity index (χ4n) is 2.40. The summed E-state index contributed by atoms with van der Waals surface area (Å²) in [5.74, 6) is -0.0396. The van der Waals surface area contributed by atoms with E-state index in [1.54, 1.807) is 17.9 Å². The van der Waals surface area contributed by atoms with Gasteiger partial charge in [-0.15, -0.1) is 5.10 Å². The van der Waals surface area contributed by atoms with Crippen molar-refractivity contribution in [3.05, 3.63) is 45.9 Å². The Bertz CT molecular complexity index is 970. The number of aryl methyl sites for hydroxylation is 2. The Morgan fingerprint density at radius 3 is 2.70 bits per heavy atom. The number of fused-ring (bicyclic) bond motifs is 1. The molecule has 3 aromatic rings. The van der Waals surface area contributed by atoms with Gasteiger partial charge in [0, 0.05) is 20.2 Å². The molecule has 0 aliphatic rings. The van der Waals surface area contributed by atoms with E-state index in [1.807, 2.05) is 32.0 Å². The summed E-state index contributed by atoms with van der Waals surface area (Å²) < 4.78 is 1.64. The molecule has 1 amide bonds. The van der Waals surface area contributed by atoms with Gasteiger partial charge in [0.05, 0.1) is 5.69 Å². The second-order valence-electron chi connectivity index (χ2n) is 5.57. The predicted molar refractivity (Wildman–Crippen MR) is 88.0 cm³/mol. The second kappa shape index (κ2) is 5.35. The molecule has 0 saturated heterocycles. The number of carbonyl (C=O) groups is 1. The zero-order valence-corrected chi connectivity index (χ0v) is 13.4. The highest BCUT2D eigenvalue weighted by atomic mass is 16.2. The largest absolute Gasteiger partial charge is 0.292 e. The van der Waals surface area contributed by atoms with E-state index in [-0.39, 0.29) is 17.4 Å². The number of aromatic amines is 1. The maximum absolute atomic E-state index is 12.2. The molecule has 7 nitrogen and oxygen atoms in total. The van der Waals surface area contributed by atoms with E-state index in [9.17, 15) is 9.59 Å². The number of carbonyl (C=O) groups excluding carboxylic acids is 1. The molecule has 0 spiro atoms. The molecule has 0 unspecified atom stereocenters. The lowest BCUT2D eigenvalue weighted by molar-refractivity contribution is -0.116. The number of amides is 1. The number of hydrogen-bond acceptors (Lipinski definition) is 4. The SMILES string of the molecule is CC(=O)N(C)c1nc2nn(-c3ccc(C)cc3C)cc2c(=O)[nH]1. The van der Waals surface area contributed by atoms with E-state index < -0.39 is 0 Å². The van der Waals surface area contributed by atoms with E-state index in [0.29, 0.717) is 11.0 Å². The van der Waals surface area contributed by atoms with Gasteiger partial charge in [0.1, 0.15) is 5.39 Å². The molecule has 0 bridgehead atoms. The molecule has 0 radical (unpaired) electrons. The fraction of sp³-hybridized carbons (Fsp3) is 0.250. The van der Waals surface area contributed by atoms with Crippen molar-refractivity contribution in [2.75, 3.05) is 11.9 Å². The highest BCUT2D eigenvalue weighted by molar-refractivity contribution is 5.89. The summed E-state index contributed by atoms with van der Waals surface area (Å²) in [5, 5.41) is 4.76. The monoisotopic (exact) mass is 311 g/mol. The van der Waals surface area contributed by atoms with Crippen LogP contribution in [0.2, 0.25) is 0 Å². The van der Waals surface area contributed by atoms with Crippen molar-refractivity contribution in [2.24, 2.45) is 0 Å². The lowest BCUT2D eigenvalue weighted by Gasteiger charge is -2.11. The number of aromatic nitrogens is 4. The molecule has 23 heavy (non-hydrogen) atoms. The summed E-state index contributed by atoms with van der Waals surface area (Å²) in [6.07, 6.45) is 1.65. The molecule has 118 valence electrons. The van der Waals surface area contributed by atoms with Crippen LogP contribution >= 0.6 is 0 Å². The van der Waals surface area contributed by atoms with Gasteiger partial charge in [-0.1, -0.05) is 17.7 Å². The quantitative estimate of drug-likeness (QED) is 0.781. The zero-order valence-electron chi connectivity index (χ0n) is 13.4. The van der Waals surface area contributed by atoms with Crippen LogP contribution in [-0.2, 0) is 4.79 Å². The summed E-state index contributed by atoms with van der Waals surface area (Å²) >= 11 is 0. The van der Waals surface area contributed by atoms with Gasteiger partial charge >= 0.3 is 0 Å². The first-order valence-electron chi connectivity index (χ1n) is 7.18. The summed E-state index contributed by atoms with van der Waals surface area (Å²) in [5.41, 5.74) is 3.07. The Morgan fingerprint density at radius 1 is 1.30 bits per heavy atom. The van der Waals surface area contributed by atoms with Crippen molar-refractivity contribution < 1.29 is 4.79 Å². The molecule has 0 aliphatic heterocycles. The summed E-state index contributed by atoms with van der Waals surface area (Å²) in [7, 11) is 1.55. The molecule has 0 aliphatic carbocycles. The van der Waals surface area contributed by atoms with Gasteiger partial charge in [0.25, 0.3) is 5.56 Å². The Kier molecular flexibility index (Phi) is 3.48. The van der Waals surface area contributed by atoms with Crippen LogP contribution in [-0.4, -0.2) is 32.7 Å². The smallest absolute Gasteiger partial charge is 0.263 e. The van der Waals surface area contributed by atoms with Gasteiger partial charge < -0.3 is 0 Å². The summed E-state index contributed by atoms with van der Waals surface area (Å²) in [4.78, 5) is 31.8. The average Bonchev–Trinajstić information content (AvgIpc) is 2.90. The van der Waals surface area contributed by atoms with Crippen LogP contribution in [0.4, 0.5) is 5.95 Å². The van der Waals surface area contributed by atoms with Crippen LogP contribution < -0.4 is 10.5 Å². The van der Waals surface area contributed by atoms with Crippen LogP contribution in [0.25, 0.3) is 16.7 Å². The van der Waals surface area contributed by atoms with Gasteiger partial charge in [0.2, 0.25) is 11.9 Å². The van der Waals surface area contributed by atoms with Gasteiger partial charge in [-0.25, -0.2) is 4.68 Å². The number of anilines is 1. The van der Waals surface area contributed by atoms with Crippen LogP contribution in [0.3, 0.4) is 0 Å². The molecular formula is C16H17N5O2. The van der Waals surface area contributed by atoms with Crippen molar-refractivity contribution in [1.82, 2.24) is 19.7 Å². The number of benzene rings is 1. The summed E-state index contributed by atoms with van der Waals surface area (Å²) in [6.45, 7) is 5.41. The predicted octanol–water partition coefficient (Wildman–Crippen LogP) is 1.71. The Labute approximate surface area is 132 Å². The van der Waals surface area contributed by atoms with Gasteiger partial charge in [0.15, 0.2) is 5.65 Å². The molecule has 1 aromatic carbocycles. The Balaban J connectivity index is 2.17. The van der Waals surface area contributed by atoms with Crippen LogP contribution in [0, 0.1) is 13.8 Å². The van der Waals surface area contributed by atoms with Gasteiger partial charge in [-0.3, -0.25) is 19.5 Å². The molecule has 0 atom stereocenters. The molecule has 0 fully saturated rings. The molecular weight excluding hydrogens is 294 g/mol. The number of rotatable bonds is 2. The van der Waals surface area contributed by atoms with E-state index >= 15 is 0 Å². The topological polar surface area (TPSA) is 83.9 Å². The maximum atomic E-state index is 12.2. The minimum Gasteiger partial charge on any atom is -0.292 e. The van der Waals surface area contributed by atoms with Crippen LogP contribution in [0.5, 0.6) is 0 Å². The molecule has 2 aromatic heterocycles. The third-order valence-corrected chi connectivity index (χ3v) is 3.77. The molecule has 7 heteroatoms. The number of nitrogens with zero attached hydrogens (tertiary/aromatic N) is 4. The first-order valence-corrected chi connectivity index (χ1v) is 7.18. The van der Waals surface area contributed by atoms with E-state index in [1.165, 1.54) is 11.8 Å². The first kappa shape index (κ1) is 15.0. The minimum absolute atomic E-state index is 0.181. The Hall–Kier alpha value is -2.96. The number of hydrogen-bond donors (Lipinski definition) is 1. The van der Waals surface area contributed by atoms with Crippen molar-refractivity contribution in [3.63, 3.8) is 0 Å². The van der Waals surface area contributed by atoms with Crippen LogP contribution in [0.1, 0.15) is 18.1 Å². The van der Waals surface area contributed by atoms with E-state index in [4.69, 9.17) is 0 Å².